The Labute approximate surface area is 177 Å². The first-order valence-corrected chi connectivity index (χ1v) is 10.3. The zero-order chi connectivity index (χ0) is 21.3. The summed E-state index contributed by atoms with van der Waals surface area (Å²) in [6, 6.07) is 11.4. The molecule has 1 N–H and O–H groups in total. The van der Waals surface area contributed by atoms with Crippen LogP contribution in [0.15, 0.2) is 46.3 Å². The van der Waals surface area contributed by atoms with E-state index in [-0.39, 0.29) is 5.56 Å². The molecule has 0 bridgehead atoms. The number of aryl methyl sites for hydroxylation is 2. The van der Waals surface area contributed by atoms with Crippen molar-refractivity contribution in [1.82, 2.24) is 24.7 Å². The maximum atomic E-state index is 12.6. The lowest BCUT2D eigenvalue weighted by atomic mass is 10.2. The highest BCUT2D eigenvalue weighted by molar-refractivity contribution is 7.98. The summed E-state index contributed by atoms with van der Waals surface area (Å²) < 4.78 is 12.6. The van der Waals surface area contributed by atoms with Gasteiger partial charge in [0.1, 0.15) is 11.6 Å². The average Bonchev–Trinajstić information content (AvgIpc) is 3.12. The Morgan fingerprint density at radius 2 is 1.80 bits per heavy atom. The minimum absolute atomic E-state index is 0.229. The van der Waals surface area contributed by atoms with Gasteiger partial charge in [-0.3, -0.25) is 9.36 Å². The maximum Gasteiger partial charge on any atom is 0.258 e. The molecular weight excluding hydrogens is 402 g/mol. The third-order valence-electron chi connectivity index (χ3n) is 4.75. The Hall–Kier alpha value is -3.33. The molecule has 0 aliphatic heterocycles. The highest BCUT2D eigenvalue weighted by atomic mass is 32.2. The van der Waals surface area contributed by atoms with Gasteiger partial charge in [0.05, 0.1) is 36.6 Å². The summed E-state index contributed by atoms with van der Waals surface area (Å²) in [7, 11) is 3.08. The SMILES string of the molecule is COc1cc2nc(CSc3nnc(C)n3-c3ccccc3C)[nH]c(=O)c2cc1OC. The molecule has 30 heavy (non-hydrogen) atoms. The van der Waals surface area contributed by atoms with Crippen LogP contribution in [0.3, 0.4) is 0 Å². The number of aromatic amines is 1. The van der Waals surface area contributed by atoms with Crippen LogP contribution in [0.4, 0.5) is 0 Å². The fourth-order valence-electron chi connectivity index (χ4n) is 3.24. The number of hydrogen-bond acceptors (Lipinski definition) is 7. The van der Waals surface area contributed by atoms with Crippen LogP contribution in [0, 0.1) is 13.8 Å². The van der Waals surface area contributed by atoms with E-state index in [0.717, 1.165) is 22.2 Å². The number of methoxy groups -OCH3 is 2. The number of rotatable bonds is 6. The highest BCUT2D eigenvalue weighted by Gasteiger charge is 2.15. The molecule has 0 unspecified atom stereocenters. The largest absolute Gasteiger partial charge is 0.493 e. The van der Waals surface area contributed by atoms with Gasteiger partial charge in [-0.05, 0) is 31.5 Å². The van der Waals surface area contributed by atoms with Gasteiger partial charge in [-0.1, -0.05) is 30.0 Å². The lowest BCUT2D eigenvalue weighted by molar-refractivity contribution is 0.355. The normalized spacial score (nSPS) is 11.1. The Kier molecular flexibility index (Phi) is 5.45. The number of aromatic nitrogens is 5. The molecule has 154 valence electrons. The van der Waals surface area contributed by atoms with Gasteiger partial charge in [-0.15, -0.1) is 10.2 Å². The third kappa shape index (κ3) is 3.63. The van der Waals surface area contributed by atoms with E-state index in [4.69, 9.17) is 9.47 Å². The van der Waals surface area contributed by atoms with Crippen molar-refractivity contribution in [3.63, 3.8) is 0 Å². The molecule has 0 aliphatic carbocycles. The average molecular weight is 423 g/mol. The van der Waals surface area contributed by atoms with Gasteiger partial charge in [-0.2, -0.15) is 0 Å². The standard InChI is InChI=1S/C21H21N5O3S/c1-12-7-5-6-8-16(12)26-13(2)24-25-21(26)30-11-19-22-15-10-18(29-4)17(28-3)9-14(15)20(27)23-19/h5-10H,11H2,1-4H3,(H,22,23,27). The van der Waals surface area contributed by atoms with E-state index < -0.39 is 0 Å². The molecule has 0 saturated carbocycles. The van der Waals surface area contributed by atoms with Gasteiger partial charge in [-0.25, -0.2) is 4.98 Å². The van der Waals surface area contributed by atoms with Crippen LogP contribution in [0.1, 0.15) is 17.2 Å². The molecule has 0 spiro atoms. The number of H-pyrrole nitrogens is 1. The summed E-state index contributed by atoms with van der Waals surface area (Å²) >= 11 is 1.46. The predicted octanol–water partition coefficient (Wildman–Crippen LogP) is 3.43. The van der Waals surface area contributed by atoms with Gasteiger partial charge in [0.2, 0.25) is 0 Å². The van der Waals surface area contributed by atoms with E-state index in [0.29, 0.717) is 34.0 Å². The summed E-state index contributed by atoms with van der Waals surface area (Å²) in [4.78, 5) is 20.0. The molecule has 8 nitrogen and oxygen atoms in total. The first kappa shape index (κ1) is 20.0. The second kappa shape index (κ2) is 8.19. The third-order valence-corrected chi connectivity index (χ3v) is 5.69. The van der Waals surface area contributed by atoms with Crippen LogP contribution in [0.5, 0.6) is 11.5 Å². The van der Waals surface area contributed by atoms with Crippen molar-refractivity contribution < 1.29 is 9.47 Å². The van der Waals surface area contributed by atoms with Crippen LogP contribution in [0.25, 0.3) is 16.6 Å². The van der Waals surface area contributed by atoms with Crippen LogP contribution < -0.4 is 15.0 Å². The summed E-state index contributed by atoms with van der Waals surface area (Å²) in [5.74, 6) is 2.78. The second-order valence-corrected chi connectivity index (χ2v) is 7.62. The second-order valence-electron chi connectivity index (χ2n) is 6.68. The van der Waals surface area contributed by atoms with Gasteiger partial charge < -0.3 is 14.5 Å². The van der Waals surface area contributed by atoms with Crippen molar-refractivity contribution in [2.45, 2.75) is 24.8 Å². The highest BCUT2D eigenvalue weighted by Crippen LogP contribution is 2.30. The van der Waals surface area contributed by atoms with Crippen molar-refractivity contribution in [3.05, 3.63) is 64.0 Å². The summed E-state index contributed by atoms with van der Waals surface area (Å²) in [5.41, 5.74) is 2.47. The molecule has 4 rings (SSSR count). The Morgan fingerprint density at radius 3 is 2.53 bits per heavy atom. The smallest absolute Gasteiger partial charge is 0.258 e. The predicted molar refractivity (Wildman–Crippen MR) is 116 cm³/mol. The summed E-state index contributed by atoms with van der Waals surface area (Å²) in [6.45, 7) is 3.96. The zero-order valence-electron chi connectivity index (χ0n) is 17.1. The Morgan fingerprint density at radius 1 is 1.07 bits per heavy atom. The molecule has 2 heterocycles. The molecule has 2 aromatic carbocycles. The van der Waals surface area contributed by atoms with Crippen LogP contribution in [-0.2, 0) is 5.75 Å². The first-order chi connectivity index (χ1) is 14.5. The number of nitrogens with one attached hydrogen (secondary N) is 1. The zero-order valence-corrected chi connectivity index (χ0v) is 17.9. The van der Waals surface area contributed by atoms with Crippen molar-refractivity contribution in [3.8, 4) is 17.2 Å². The number of hydrogen-bond donors (Lipinski definition) is 1. The number of ether oxygens (including phenoxy) is 2. The molecular formula is C21H21N5O3S. The van der Waals surface area contributed by atoms with E-state index in [1.807, 2.05) is 42.7 Å². The first-order valence-electron chi connectivity index (χ1n) is 9.27. The minimum atomic E-state index is -0.229. The molecule has 0 radical (unpaired) electrons. The van der Waals surface area contributed by atoms with Gasteiger partial charge in [0, 0.05) is 6.07 Å². The molecule has 0 amide bonds. The van der Waals surface area contributed by atoms with Crippen molar-refractivity contribution in [1.29, 1.82) is 0 Å². The molecule has 4 aromatic rings. The van der Waals surface area contributed by atoms with E-state index in [2.05, 4.69) is 20.2 Å². The monoisotopic (exact) mass is 423 g/mol. The Bertz CT molecular complexity index is 1280. The van der Waals surface area contributed by atoms with E-state index >= 15 is 0 Å². The minimum Gasteiger partial charge on any atom is -0.493 e. The van der Waals surface area contributed by atoms with Crippen LogP contribution in [0.2, 0.25) is 0 Å². The molecule has 0 saturated heterocycles. The van der Waals surface area contributed by atoms with Crippen molar-refractivity contribution in [2.24, 2.45) is 0 Å². The summed E-state index contributed by atoms with van der Waals surface area (Å²) in [5, 5.41) is 9.71. The van der Waals surface area contributed by atoms with Gasteiger partial charge in [0.25, 0.3) is 5.56 Å². The van der Waals surface area contributed by atoms with Gasteiger partial charge >= 0.3 is 0 Å². The van der Waals surface area contributed by atoms with Crippen molar-refractivity contribution in [2.75, 3.05) is 14.2 Å². The van der Waals surface area contributed by atoms with Crippen LogP contribution >= 0.6 is 11.8 Å². The van der Waals surface area contributed by atoms with Gasteiger partial charge in [0.15, 0.2) is 16.7 Å². The number of para-hydroxylation sites is 1. The quantitative estimate of drug-likeness (QED) is 0.475. The lowest BCUT2D eigenvalue weighted by Crippen LogP contribution is -2.12. The lowest BCUT2D eigenvalue weighted by Gasteiger charge is -2.11. The topological polar surface area (TPSA) is 94.9 Å². The Balaban J connectivity index is 1.67. The van der Waals surface area contributed by atoms with E-state index in [9.17, 15) is 4.79 Å². The maximum absolute atomic E-state index is 12.6. The molecule has 2 aromatic heterocycles. The fraction of sp³-hybridized carbons (Fsp3) is 0.238. The molecule has 0 fully saturated rings. The van der Waals surface area contributed by atoms with E-state index in [1.54, 1.807) is 19.2 Å². The number of fused-ring (bicyclic) bond motifs is 1. The number of nitrogens with zero attached hydrogens (tertiary/aromatic N) is 4. The molecule has 9 heteroatoms. The molecule has 0 atom stereocenters. The summed E-state index contributed by atoms with van der Waals surface area (Å²) in [6.07, 6.45) is 0. The van der Waals surface area contributed by atoms with E-state index in [1.165, 1.54) is 18.9 Å². The van der Waals surface area contributed by atoms with Crippen LogP contribution in [-0.4, -0.2) is 39.0 Å². The molecule has 0 aliphatic rings. The number of benzene rings is 2. The fourth-order valence-corrected chi connectivity index (χ4v) is 4.10. The van der Waals surface area contributed by atoms with Crippen molar-refractivity contribution >= 4 is 22.7 Å². The number of thioether (sulfide) groups is 1.